The number of pyridine rings is 1. The Bertz CT molecular complexity index is 855. The van der Waals surface area contributed by atoms with Gasteiger partial charge in [-0.2, -0.15) is 0 Å². The first-order valence-corrected chi connectivity index (χ1v) is 9.83. The summed E-state index contributed by atoms with van der Waals surface area (Å²) in [6.45, 7) is 0.597. The fraction of sp³-hybridized carbons (Fsp3) is 0.250. The van der Waals surface area contributed by atoms with E-state index in [4.69, 9.17) is 23.2 Å². The van der Waals surface area contributed by atoms with Crippen LogP contribution in [0.5, 0.6) is 0 Å². The van der Waals surface area contributed by atoms with Crippen LogP contribution in [0.2, 0.25) is 10.0 Å². The lowest BCUT2D eigenvalue weighted by Gasteiger charge is -2.11. The predicted molar refractivity (Wildman–Crippen MR) is 102 cm³/mol. The molecule has 1 aromatic carbocycles. The molecule has 134 valence electrons. The predicted octanol–water partition coefficient (Wildman–Crippen LogP) is 2.70. The van der Waals surface area contributed by atoms with E-state index in [0.717, 1.165) is 5.56 Å². The number of anilines is 1. The Kier molecular flexibility index (Phi) is 7.04. The summed E-state index contributed by atoms with van der Waals surface area (Å²) < 4.78 is 12.4. The molecule has 1 unspecified atom stereocenters. The number of benzene rings is 1. The van der Waals surface area contributed by atoms with Crippen LogP contribution in [0.15, 0.2) is 41.3 Å². The number of nitrogens with one attached hydrogen (secondary N) is 2. The highest BCUT2D eigenvalue weighted by molar-refractivity contribution is 7.84. The molecule has 0 aliphatic carbocycles. The van der Waals surface area contributed by atoms with E-state index in [1.54, 1.807) is 30.7 Å². The van der Waals surface area contributed by atoms with Crippen molar-refractivity contribution in [3.63, 3.8) is 0 Å². The van der Waals surface area contributed by atoms with Crippen LogP contribution in [0.4, 0.5) is 10.5 Å². The summed E-state index contributed by atoms with van der Waals surface area (Å²) in [6, 6.07) is 7.59. The maximum Gasteiger partial charge on any atom is 0.319 e. The third-order valence-electron chi connectivity index (χ3n) is 3.25. The second-order valence-corrected chi connectivity index (χ2v) is 7.66. The molecule has 1 aromatic heterocycles. The Morgan fingerprint density at radius 2 is 1.96 bits per heavy atom. The Hall–Kier alpha value is -1.83. The minimum atomic E-state index is -0.970. The third-order valence-corrected chi connectivity index (χ3v) is 4.77. The van der Waals surface area contributed by atoms with E-state index in [2.05, 4.69) is 10.6 Å². The Morgan fingerprint density at radius 3 is 2.64 bits per heavy atom. The lowest BCUT2D eigenvalue weighted by Crippen LogP contribution is -2.32. The summed E-state index contributed by atoms with van der Waals surface area (Å²) in [5.74, 6) is 0.379. The molecule has 9 heteroatoms. The zero-order valence-electron chi connectivity index (χ0n) is 13.4. The van der Waals surface area contributed by atoms with Gasteiger partial charge in [0.15, 0.2) is 0 Å². The molecule has 2 rings (SSSR count). The van der Waals surface area contributed by atoms with Crippen LogP contribution in [0.3, 0.4) is 0 Å². The van der Waals surface area contributed by atoms with Gasteiger partial charge in [-0.15, -0.1) is 0 Å². The number of halogens is 2. The van der Waals surface area contributed by atoms with E-state index >= 15 is 0 Å². The van der Waals surface area contributed by atoms with Crippen LogP contribution in [-0.2, 0) is 17.3 Å². The molecule has 0 saturated heterocycles. The van der Waals surface area contributed by atoms with Gasteiger partial charge in [-0.3, -0.25) is 9.00 Å². The number of hydrogen-bond acceptors (Lipinski definition) is 3. The van der Waals surface area contributed by atoms with Gasteiger partial charge >= 0.3 is 6.03 Å². The molecular formula is C16H17Cl2N3O3S. The number of aromatic nitrogens is 1. The van der Waals surface area contributed by atoms with Crippen molar-refractivity contribution >= 4 is 45.7 Å². The standard InChI is InChI=1S/C16H17Cl2N3O3S/c1-25(24)7-6-19-16(23)20-12-3-5-15(22)21(10-12)9-11-2-4-13(17)14(18)8-11/h2-5,8,10H,6-7,9H2,1H3,(H2,19,20,23). The van der Waals surface area contributed by atoms with Crippen molar-refractivity contribution in [2.45, 2.75) is 6.54 Å². The van der Waals surface area contributed by atoms with Crippen molar-refractivity contribution in [2.75, 3.05) is 23.9 Å². The molecule has 6 nitrogen and oxygen atoms in total. The van der Waals surface area contributed by atoms with E-state index in [1.807, 2.05) is 0 Å². The zero-order chi connectivity index (χ0) is 18.4. The quantitative estimate of drug-likeness (QED) is 0.780. The van der Waals surface area contributed by atoms with Gasteiger partial charge in [0.05, 0.1) is 22.3 Å². The van der Waals surface area contributed by atoms with Gasteiger partial charge in [-0.1, -0.05) is 29.3 Å². The van der Waals surface area contributed by atoms with Crippen LogP contribution in [0, 0.1) is 0 Å². The number of hydrogen-bond donors (Lipinski definition) is 2. The Labute approximate surface area is 157 Å². The van der Waals surface area contributed by atoms with Gasteiger partial charge in [0.2, 0.25) is 0 Å². The van der Waals surface area contributed by atoms with E-state index in [1.165, 1.54) is 16.7 Å². The van der Waals surface area contributed by atoms with Crippen LogP contribution in [-0.4, -0.2) is 33.4 Å². The number of nitrogens with zero attached hydrogens (tertiary/aromatic N) is 1. The first kappa shape index (κ1) is 19.5. The summed E-state index contributed by atoms with van der Waals surface area (Å²) in [5, 5.41) is 6.08. The molecule has 0 spiro atoms. The molecule has 0 fully saturated rings. The van der Waals surface area contributed by atoms with Crippen LogP contribution in [0.25, 0.3) is 0 Å². The fourth-order valence-corrected chi connectivity index (χ4v) is 2.76. The molecule has 2 amide bonds. The highest BCUT2D eigenvalue weighted by Crippen LogP contribution is 2.22. The van der Waals surface area contributed by atoms with Gasteiger partial charge in [-0.25, -0.2) is 4.79 Å². The normalized spacial score (nSPS) is 11.8. The van der Waals surface area contributed by atoms with E-state index in [0.29, 0.717) is 34.6 Å². The lowest BCUT2D eigenvalue weighted by molar-refractivity contribution is 0.252. The van der Waals surface area contributed by atoms with Crippen LogP contribution in [0.1, 0.15) is 5.56 Å². The summed E-state index contributed by atoms with van der Waals surface area (Å²) >= 11 is 11.9. The number of urea groups is 1. The van der Waals surface area contributed by atoms with Gasteiger partial charge in [0.1, 0.15) is 0 Å². The average molecular weight is 402 g/mol. The Balaban J connectivity index is 2.06. The van der Waals surface area contributed by atoms with Crippen molar-refractivity contribution in [1.29, 1.82) is 0 Å². The maximum absolute atomic E-state index is 12.0. The molecule has 0 saturated carbocycles. The van der Waals surface area contributed by atoms with Crippen molar-refractivity contribution < 1.29 is 9.00 Å². The number of rotatable bonds is 6. The largest absolute Gasteiger partial charge is 0.337 e. The van der Waals surface area contributed by atoms with Crippen molar-refractivity contribution in [3.8, 4) is 0 Å². The minimum Gasteiger partial charge on any atom is -0.337 e. The maximum atomic E-state index is 12.0. The molecular weight excluding hydrogens is 385 g/mol. The first-order valence-electron chi connectivity index (χ1n) is 7.34. The second kappa shape index (κ2) is 9.03. The third kappa shape index (κ3) is 6.19. The Morgan fingerprint density at radius 1 is 1.20 bits per heavy atom. The van der Waals surface area contributed by atoms with Gasteiger partial charge in [0, 0.05) is 41.6 Å². The van der Waals surface area contributed by atoms with Gasteiger partial charge in [-0.05, 0) is 23.8 Å². The SMILES string of the molecule is CS(=O)CCNC(=O)Nc1ccc(=O)n(Cc2ccc(Cl)c(Cl)c2)c1. The second-order valence-electron chi connectivity index (χ2n) is 5.29. The van der Waals surface area contributed by atoms with Crippen LogP contribution < -0.4 is 16.2 Å². The molecule has 1 atom stereocenters. The molecule has 1 heterocycles. The monoisotopic (exact) mass is 401 g/mol. The van der Waals surface area contributed by atoms with Crippen molar-refractivity contribution in [1.82, 2.24) is 9.88 Å². The van der Waals surface area contributed by atoms with Crippen molar-refractivity contribution in [2.24, 2.45) is 0 Å². The average Bonchev–Trinajstić information content (AvgIpc) is 2.54. The molecule has 0 aliphatic rings. The molecule has 25 heavy (non-hydrogen) atoms. The van der Waals surface area contributed by atoms with Crippen LogP contribution >= 0.6 is 23.2 Å². The van der Waals surface area contributed by atoms with Gasteiger partial charge < -0.3 is 15.2 Å². The summed E-state index contributed by atoms with van der Waals surface area (Å²) in [5.41, 5.74) is 1.07. The highest BCUT2D eigenvalue weighted by atomic mass is 35.5. The molecule has 2 N–H and O–H groups in total. The topological polar surface area (TPSA) is 80.2 Å². The summed E-state index contributed by atoms with van der Waals surface area (Å²) in [6.07, 6.45) is 3.11. The van der Waals surface area contributed by atoms with E-state index in [-0.39, 0.29) is 5.56 Å². The molecule has 0 radical (unpaired) electrons. The molecule has 2 aromatic rings. The zero-order valence-corrected chi connectivity index (χ0v) is 15.7. The van der Waals surface area contributed by atoms with Crippen molar-refractivity contribution in [3.05, 3.63) is 62.5 Å². The van der Waals surface area contributed by atoms with E-state index < -0.39 is 16.8 Å². The first-order chi connectivity index (χ1) is 11.8. The molecule has 0 bridgehead atoms. The van der Waals surface area contributed by atoms with E-state index in [9.17, 15) is 13.8 Å². The lowest BCUT2D eigenvalue weighted by atomic mass is 10.2. The number of carbonyl (C=O) groups excluding carboxylic acids is 1. The summed E-state index contributed by atoms with van der Waals surface area (Å²) in [7, 11) is -0.970. The van der Waals surface area contributed by atoms with Gasteiger partial charge in [0.25, 0.3) is 5.56 Å². The summed E-state index contributed by atoms with van der Waals surface area (Å²) in [4.78, 5) is 23.8. The smallest absolute Gasteiger partial charge is 0.319 e. The number of carbonyl (C=O) groups is 1. The highest BCUT2D eigenvalue weighted by Gasteiger charge is 2.06. The molecule has 0 aliphatic heterocycles. The minimum absolute atomic E-state index is 0.210. The number of amides is 2. The fourth-order valence-electron chi connectivity index (χ4n) is 2.05.